The molecule has 0 aliphatic rings. The molecule has 16 nitrogen and oxygen atoms in total. The van der Waals surface area contributed by atoms with Gasteiger partial charge in [0.25, 0.3) is 5.56 Å². The normalized spacial score (nSPS) is 17.0. The second-order valence-electron chi connectivity index (χ2n) is 5.68. The number of aromatic amines is 1. The summed E-state index contributed by atoms with van der Waals surface area (Å²) in [6.07, 6.45) is 1.84. The van der Waals surface area contributed by atoms with E-state index in [9.17, 15) is 23.4 Å². The fourth-order valence-corrected chi connectivity index (χ4v) is 5.42. The van der Waals surface area contributed by atoms with Gasteiger partial charge in [-0.25, -0.2) is 18.4 Å². The van der Waals surface area contributed by atoms with Gasteiger partial charge in [0.15, 0.2) is 11.2 Å². The molecule has 0 fully saturated rings. The zero-order valence-corrected chi connectivity index (χ0v) is 17.9. The van der Waals surface area contributed by atoms with Crippen molar-refractivity contribution in [1.29, 1.82) is 0 Å². The molecule has 7 N–H and O–H groups in total. The van der Waals surface area contributed by atoms with Gasteiger partial charge in [0.2, 0.25) is 5.95 Å². The summed E-state index contributed by atoms with van der Waals surface area (Å²) in [6, 6.07) is 0. The fraction of sp³-hybridized carbons (Fsp3) is 0.364. The van der Waals surface area contributed by atoms with Gasteiger partial charge in [0.1, 0.15) is 6.35 Å². The summed E-state index contributed by atoms with van der Waals surface area (Å²) < 4.78 is 47.5. The number of fused-ring (bicyclic) bond motifs is 1. The smallest absolute Gasteiger partial charge is 0.369 e. The van der Waals surface area contributed by atoms with Crippen molar-refractivity contribution in [3.63, 3.8) is 0 Å². The number of phosphoric acid groups is 2. The Kier molecular flexibility index (Phi) is 7.54. The van der Waals surface area contributed by atoms with Gasteiger partial charge in [-0.2, -0.15) is 9.29 Å². The largest absolute Gasteiger partial charge is 0.488 e. The van der Waals surface area contributed by atoms with Crippen molar-refractivity contribution in [2.24, 2.45) is 0 Å². The highest BCUT2D eigenvalue weighted by molar-refractivity contribution is 7.68. The summed E-state index contributed by atoms with van der Waals surface area (Å²) in [7, 11) is -15.9. The summed E-state index contributed by atoms with van der Waals surface area (Å²) in [5.41, 5.74) is 5.75. The summed E-state index contributed by atoms with van der Waals surface area (Å²) in [5.74, 6) is -0.114. The maximum Gasteiger partial charge on any atom is 0.488 e. The molecule has 2 aromatic rings. The van der Waals surface area contributed by atoms with Gasteiger partial charge < -0.3 is 34.6 Å². The second kappa shape index (κ2) is 9.20. The molecule has 0 aromatic carbocycles. The lowest BCUT2D eigenvalue weighted by Crippen LogP contribution is -2.13. The van der Waals surface area contributed by atoms with Crippen LogP contribution >= 0.6 is 23.2 Å². The third-order valence-corrected chi connectivity index (χ3v) is 7.29. The molecular formula is C11H18N5O11P3. The minimum Gasteiger partial charge on any atom is -0.369 e. The minimum atomic E-state index is -5.53. The van der Waals surface area contributed by atoms with Crippen LogP contribution in [0.4, 0.5) is 5.95 Å². The number of nitrogens with one attached hydrogen (secondary N) is 1. The highest BCUT2D eigenvalue weighted by atomic mass is 31.3. The molecule has 0 aliphatic carbocycles. The number of nitrogens with zero attached hydrogens (tertiary/aromatic N) is 3. The van der Waals surface area contributed by atoms with Crippen molar-refractivity contribution in [3.05, 3.63) is 28.3 Å². The van der Waals surface area contributed by atoms with E-state index in [1.165, 1.54) is 10.9 Å². The molecule has 0 amide bonds. The molecule has 2 atom stereocenters. The van der Waals surface area contributed by atoms with Crippen LogP contribution in [0.1, 0.15) is 6.92 Å². The van der Waals surface area contributed by atoms with Crippen molar-refractivity contribution in [3.8, 4) is 0 Å². The molecule has 2 aromatic heterocycles. The first-order valence-electron chi connectivity index (χ1n) is 7.76. The third kappa shape index (κ3) is 7.22. The van der Waals surface area contributed by atoms with Crippen molar-refractivity contribution >= 4 is 40.4 Å². The van der Waals surface area contributed by atoms with Crippen LogP contribution in [0, 0.1) is 0 Å². The average molecular weight is 489 g/mol. The van der Waals surface area contributed by atoms with E-state index >= 15 is 0 Å². The van der Waals surface area contributed by atoms with Gasteiger partial charge in [-0.15, -0.1) is 0 Å². The van der Waals surface area contributed by atoms with Crippen molar-refractivity contribution in [2.75, 3.05) is 18.7 Å². The molecule has 0 saturated heterocycles. The van der Waals surface area contributed by atoms with Crippen molar-refractivity contribution in [2.45, 2.75) is 13.5 Å². The third-order valence-electron chi connectivity index (χ3n) is 3.26. The molecular weight excluding hydrogens is 471 g/mol. The van der Waals surface area contributed by atoms with E-state index in [0.29, 0.717) is 5.57 Å². The Labute approximate surface area is 167 Å². The van der Waals surface area contributed by atoms with Gasteiger partial charge in [-0.05, 0) is 12.5 Å². The quantitative estimate of drug-likeness (QED) is 0.190. The minimum absolute atomic E-state index is 0.0533. The lowest BCUT2D eigenvalue weighted by molar-refractivity contribution is 0.168. The van der Waals surface area contributed by atoms with E-state index in [1.807, 2.05) is 0 Å². The summed E-state index contributed by atoms with van der Waals surface area (Å²) >= 11 is 0. The van der Waals surface area contributed by atoms with E-state index in [1.54, 1.807) is 13.0 Å². The average Bonchev–Trinajstić information content (AvgIpc) is 2.93. The molecule has 19 heteroatoms. The summed E-state index contributed by atoms with van der Waals surface area (Å²) in [5, 5.41) is 0. The van der Waals surface area contributed by atoms with Gasteiger partial charge in [0, 0.05) is 6.54 Å². The SMILES string of the molecule is CC=C(COCP(=O)(O)OP(=O)(O)OP(=O)(O)O)Cn1cnc2c(=O)[nH]c(N)nc21. The standard InChI is InChI=1S/C11H18N5O11P3/c1-2-7(3-16-5-13-8-9(16)14-11(12)15-10(8)17)4-25-6-28(18,19)26-30(23,24)27-29(20,21)22/h2,5H,3-4,6H2,1H3,(H,18,19)(H,23,24)(H2,20,21,22)(H3,12,14,15,17). The highest BCUT2D eigenvalue weighted by Gasteiger charge is 2.39. The van der Waals surface area contributed by atoms with Crippen LogP contribution in [0.5, 0.6) is 0 Å². The topological polar surface area (TPSA) is 249 Å². The molecule has 168 valence electrons. The number of rotatable bonds is 10. The van der Waals surface area contributed by atoms with Gasteiger partial charge in [-0.3, -0.25) is 14.3 Å². The van der Waals surface area contributed by atoms with E-state index in [-0.39, 0.29) is 30.3 Å². The molecule has 2 unspecified atom stereocenters. The Bertz CT molecular complexity index is 1150. The predicted octanol–water partition coefficient (Wildman–Crippen LogP) is 0.0339. The lowest BCUT2D eigenvalue weighted by Gasteiger charge is -2.17. The van der Waals surface area contributed by atoms with Crippen molar-refractivity contribution in [1.82, 2.24) is 19.5 Å². The Balaban J connectivity index is 2.00. The molecule has 2 rings (SSSR count). The number of ether oxygens (including phenoxy) is 1. The Morgan fingerprint density at radius 3 is 2.53 bits per heavy atom. The van der Waals surface area contributed by atoms with Crippen LogP contribution in [0.25, 0.3) is 11.2 Å². The maximum atomic E-state index is 11.8. The fourth-order valence-electron chi connectivity index (χ4n) is 2.15. The highest BCUT2D eigenvalue weighted by Crippen LogP contribution is 2.65. The maximum absolute atomic E-state index is 11.8. The number of hydrogen-bond donors (Lipinski definition) is 6. The number of nitrogens with two attached hydrogens (primary N) is 1. The number of nitrogen functional groups attached to an aromatic ring is 1. The van der Waals surface area contributed by atoms with Gasteiger partial charge >= 0.3 is 23.2 Å². The van der Waals surface area contributed by atoms with Crippen LogP contribution in [-0.4, -0.2) is 52.0 Å². The predicted molar refractivity (Wildman–Crippen MR) is 101 cm³/mol. The van der Waals surface area contributed by atoms with Gasteiger partial charge in [-0.1, -0.05) is 6.08 Å². The first-order valence-corrected chi connectivity index (χ1v) is 12.6. The number of allylic oxidation sites excluding steroid dienone is 1. The van der Waals surface area contributed by atoms with E-state index in [2.05, 4.69) is 23.6 Å². The van der Waals surface area contributed by atoms with Crippen LogP contribution in [0.15, 0.2) is 22.8 Å². The Morgan fingerprint density at radius 1 is 1.27 bits per heavy atom. The van der Waals surface area contributed by atoms with E-state index in [0.717, 1.165) is 0 Å². The van der Waals surface area contributed by atoms with E-state index < -0.39 is 35.1 Å². The molecule has 30 heavy (non-hydrogen) atoms. The van der Waals surface area contributed by atoms with Gasteiger partial charge in [0.05, 0.1) is 12.9 Å². The molecule has 2 heterocycles. The zero-order valence-electron chi connectivity index (χ0n) is 15.2. The first-order chi connectivity index (χ1) is 13.7. The number of aromatic nitrogens is 4. The summed E-state index contributed by atoms with van der Waals surface area (Å²) in [6.45, 7) is 1.49. The van der Waals surface area contributed by atoms with Crippen LogP contribution in [-0.2, 0) is 33.6 Å². The number of anilines is 1. The number of imidazole rings is 1. The molecule has 0 aliphatic heterocycles. The zero-order chi connectivity index (χ0) is 22.7. The van der Waals surface area contributed by atoms with Crippen LogP contribution in [0.3, 0.4) is 0 Å². The van der Waals surface area contributed by atoms with Crippen LogP contribution < -0.4 is 11.3 Å². The monoisotopic (exact) mass is 489 g/mol. The molecule has 0 radical (unpaired) electrons. The lowest BCUT2D eigenvalue weighted by atomic mass is 10.2. The number of H-pyrrole nitrogens is 1. The van der Waals surface area contributed by atoms with E-state index in [4.69, 9.17) is 25.2 Å². The number of hydrogen-bond acceptors (Lipinski definition) is 10. The molecule has 0 spiro atoms. The Hall–Kier alpha value is -1.70. The Morgan fingerprint density at radius 2 is 1.93 bits per heavy atom. The molecule has 0 saturated carbocycles. The second-order valence-corrected chi connectivity index (χ2v) is 10.4. The van der Waals surface area contributed by atoms with Crippen LogP contribution in [0.2, 0.25) is 0 Å². The first kappa shape index (κ1) is 24.6. The summed E-state index contributed by atoms with van der Waals surface area (Å²) in [4.78, 5) is 57.6. The van der Waals surface area contributed by atoms with Crippen molar-refractivity contribution < 1.29 is 46.6 Å². The molecule has 0 bridgehead atoms.